The number of ether oxygens (including phenoxy) is 1. The fourth-order valence-corrected chi connectivity index (χ4v) is 2.49. The summed E-state index contributed by atoms with van der Waals surface area (Å²) in [5, 5.41) is 16.6. The van der Waals surface area contributed by atoms with Gasteiger partial charge >= 0.3 is 0 Å². The highest BCUT2D eigenvalue weighted by molar-refractivity contribution is 6.30. The zero-order valence-electron chi connectivity index (χ0n) is 15.9. The molecule has 1 aromatic carbocycles. The lowest BCUT2D eigenvalue weighted by Gasteiger charge is -2.13. The summed E-state index contributed by atoms with van der Waals surface area (Å²) in [6.45, 7) is 1.49. The van der Waals surface area contributed by atoms with E-state index in [2.05, 4.69) is 4.98 Å². The van der Waals surface area contributed by atoms with Crippen LogP contribution < -0.4 is 16.0 Å². The third kappa shape index (κ3) is 5.48. The number of carbonyl (C=O) groups is 1. The summed E-state index contributed by atoms with van der Waals surface area (Å²) in [5.41, 5.74) is 3.35. The Labute approximate surface area is 174 Å². The molecule has 2 rings (SSSR count). The molecule has 3 N–H and O–H groups in total. The van der Waals surface area contributed by atoms with E-state index in [9.17, 15) is 18.4 Å². The molecule has 0 fully saturated rings. The summed E-state index contributed by atoms with van der Waals surface area (Å²) in [6.07, 6.45) is 1.71. The first-order chi connectivity index (χ1) is 13.9. The van der Waals surface area contributed by atoms with Crippen molar-refractivity contribution in [3.8, 4) is 17.6 Å². The third-order valence-electron chi connectivity index (χ3n) is 3.84. The predicted octanol–water partition coefficient (Wildman–Crippen LogP) is 2.96. The summed E-state index contributed by atoms with van der Waals surface area (Å²) in [4.78, 5) is 28.4. The Morgan fingerprint density at radius 2 is 2.13 bits per heavy atom. The van der Waals surface area contributed by atoms with Gasteiger partial charge in [0.1, 0.15) is 11.5 Å². The van der Waals surface area contributed by atoms with Crippen LogP contribution in [0.2, 0.25) is 5.02 Å². The largest absolute Gasteiger partial charge is 0.450 e. The number of nitriles is 1. The van der Waals surface area contributed by atoms with Crippen molar-refractivity contribution in [1.82, 2.24) is 9.55 Å². The normalized spacial score (nSPS) is 11.7. The smallest absolute Gasteiger partial charge is 0.296 e. The van der Waals surface area contributed by atoms with Gasteiger partial charge in [0.05, 0.1) is 30.2 Å². The number of hydrogen-bond acceptors (Lipinski definition) is 6. The topological polar surface area (TPSA) is 135 Å². The lowest BCUT2D eigenvalue weighted by Crippen LogP contribution is -2.29. The van der Waals surface area contributed by atoms with Gasteiger partial charge in [-0.2, -0.15) is 14.0 Å². The molecule has 11 heteroatoms. The van der Waals surface area contributed by atoms with Gasteiger partial charge in [0.25, 0.3) is 11.5 Å². The molecule has 0 unspecified atom stereocenters. The van der Waals surface area contributed by atoms with E-state index in [-0.39, 0.29) is 27.8 Å². The number of nitrogens with one attached hydrogen (secondary N) is 1. The van der Waals surface area contributed by atoms with Crippen LogP contribution in [0.1, 0.15) is 18.2 Å². The van der Waals surface area contributed by atoms with Crippen LogP contribution in [0.15, 0.2) is 41.0 Å². The predicted molar refractivity (Wildman–Crippen MR) is 105 cm³/mol. The number of amides is 1. The molecule has 8 nitrogen and oxygen atoms in total. The van der Waals surface area contributed by atoms with Crippen LogP contribution in [-0.4, -0.2) is 27.1 Å². The number of aromatic nitrogens is 2. The van der Waals surface area contributed by atoms with Gasteiger partial charge in [-0.1, -0.05) is 11.6 Å². The lowest BCUT2D eigenvalue weighted by molar-refractivity contribution is -0.114. The van der Waals surface area contributed by atoms with Crippen molar-refractivity contribution >= 4 is 23.2 Å². The molecule has 1 aromatic heterocycles. The van der Waals surface area contributed by atoms with Crippen LogP contribution in [-0.2, 0) is 11.3 Å². The van der Waals surface area contributed by atoms with E-state index in [0.717, 1.165) is 10.9 Å². The maximum Gasteiger partial charge on any atom is 0.296 e. The first-order valence-corrected chi connectivity index (χ1v) is 8.72. The van der Waals surface area contributed by atoms with Crippen molar-refractivity contribution in [2.75, 3.05) is 0 Å². The van der Waals surface area contributed by atoms with Crippen molar-refractivity contribution in [3.63, 3.8) is 0 Å². The minimum Gasteiger partial charge on any atom is -0.450 e. The van der Waals surface area contributed by atoms with Gasteiger partial charge in [-0.15, -0.1) is 0 Å². The van der Waals surface area contributed by atoms with Crippen LogP contribution in [0.5, 0.6) is 11.5 Å². The molecule has 1 amide bonds. The second-order valence-electron chi connectivity index (χ2n) is 6.32. The van der Waals surface area contributed by atoms with E-state index < -0.39 is 35.2 Å². The number of benzene rings is 1. The SMILES string of the molecule is Cc1ncn(C/C(=C/C(=N)C(C)(F)F)C(N)=O)c(=O)c1Oc1cc(Cl)cc(C#N)c1. The van der Waals surface area contributed by atoms with Gasteiger partial charge in [0.2, 0.25) is 11.7 Å². The van der Waals surface area contributed by atoms with Gasteiger partial charge in [0, 0.05) is 17.5 Å². The van der Waals surface area contributed by atoms with E-state index in [1.54, 1.807) is 0 Å². The number of nitrogens with two attached hydrogens (primary N) is 1. The van der Waals surface area contributed by atoms with Crippen LogP contribution in [0.3, 0.4) is 0 Å². The molecule has 0 radical (unpaired) electrons. The first-order valence-electron chi connectivity index (χ1n) is 8.34. The number of allylic oxidation sites excluding steroid dienone is 1. The maximum atomic E-state index is 13.3. The average Bonchev–Trinajstić information content (AvgIpc) is 2.65. The Bertz CT molecular complexity index is 1150. The zero-order valence-corrected chi connectivity index (χ0v) is 16.6. The van der Waals surface area contributed by atoms with Gasteiger partial charge in [0.15, 0.2) is 0 Å². The molecule has 156 valence electrons. The number of primary amides is 1. The molecule has 2 aromatic rings. The van der Waals surface area contributed by atoms with Gasteiger partial charge in [-0.3, -0.25) is 19.6 Å². The van der Waals surface area contributed by atoms with Crippen LogP contribution in [0.4, 0.5) is 8.78 Å². The van der Waals surface area contributed by atoms with Crippen molar-refractivity contribution in [2.24, 2.45) is 5.73 Å². The molecular formula is C19H16ClF2N5O3. The summed E-state index contributed by atoms with van der Waals surface area (Å²) < 4.78 is 33.0. The van der Waals surface area contributed by atoms with Crippen molar-refractivity contribution in [2.45, 2.75) is 26.3 Å². The Kier molecular flexibility index (Phi) is 6.69. The number of nitrogens with zero attached hydrogens (tertiary/aromatic N) is 3. The van der Waals surface area contributed by atoms with E-state index >= 15 is 0 Å². The molecule has 0 atom stereocenters. The Balaban J connectivity index is 2.45. The summed E-state index contributed by atoms with van der Waals surface area (Å²) >= 11 is 5.92. The minimum atomic E-state index is -3.49. The highest BCUT2D eigenvalue weighted by Crippen LogP contribution is 2.25. The second-order valence-corrected chi connectivity index (χ2v) is 6.75. The Hall–Kier alpha value is -3.58. The number of rotatable bonds is 7. The average molecular weight is 436 g/mol. The molecule has 0 spiro atoms. The van der Waals surface area contributed by atoms with Crippen molar-refractivity contribution in [3.05, 3.63) is 62.8 Å². The number of hydrogen-bond donors (Lipinski definition) is 2. The van der Waals surface area contributed by atoms with E-state index in [1.807, 2.05) is 6.07 Å². The molecule has 30 heavy (non-hydrogen) atoms. The standard InChI is InChI=1S/C19H16ClF2N5O3/c1-10-16(30-14-4-11(7-23)3-13(20)6-14)18(29)27(9-26-10)8-12(17(25)28)5-15(24)19(2,21)22/h3-6,9,24H,8H2,1-2H3,(H2,25,28)/b12-5-,24-15?. The van der Waals surface area contributed by atoms with Gasteiger partial charge < -0.3 is 10.5 Å². The molecule has 0 aliphatic rings. The van der Waals surface area contributed by atoms with Crippen LogP contribution in [0, 0.1) is 23.7 Å². The minimum absolute atomic E-state index is 0.108. The summed E-state index contributed by atoms with van der Waals surface area (Å²) in [5.74, 6) is -4.68. The Morgan fingerprint density at radius 1 is 1.47 bits per heavy atom. The highest BCUT2D eigenvalue weighted by Gasteiger charge is 2.27. The molecule has 0 aliphatic carbocycles. The number of aryl methyl sites for hydroxylation is 1. The van der Waals surface area contributed by atoms with Crippen LogP contribution in [0.25, 0.3) is 0 Å². The maximum absolute atomic E-state index is 13.3. The van der Waals surface area contributed by atoms with Crippen LogP contribution >= 0.6 is 11.6 Å². The fraction of sp³-hybridized carbons (Fsp3) is 0.211. The first kappa shape index (κ1) is 22.7. The monoisotopic (exact) mass is 435 g/mol. The van der Waals surface area contributed by atoms with E-state index in [4.69, 9.17) is 32.7 Å². The molecule has 0 saturated heterocycles. The molecule has 1 heterocycles. The summed E-state index contributed by atoms with van der Waals surface area (Å²) in [7, 11) is 0. The third-order valence-corrected chi connectivity index (χ3v) is 4.06. The molecular weight excluding hydrogens is 420 g/mol. The van der Waals surface area contributed by atoms with E-state index in [1.165, 1.54) is 25.1 Å². The quantitative estimate of drug-likeness (QED) is 0.509. The van der Waals surface area contributed by atoms with Gasteiger partial charge in [-0.25, -0.2) is 4.98 Å². The zero-order chi connectivity index (χ0) is 22.6. The van der Waals surface area contributed by atoms with Crippen molar-refractivity contribution in [1.29, 1.82) is 10.7 Å². The molecule has 0 saturated carbocycles. The summed E-state index contributed by atoms with van der Waals surface area (Å²) in [6, 6.07) is 6.06. The number of carbonyl (C=O) groups excluding carboxylic acids is 1. The Morgan fingerprint density at radius 3 is 2.70 bits per heavy atom. The number of alkyl halides is 2. The van der Waals surface area contributed by atoms with Crippen molar-refractivity contribution < 1.29 is 18.3 Å². The second kappa shape index (κ2) is 8.84. The molecule has 0 bridgehead atoms. The molecule has 0 aliphatic heterocycles. The fourth-order valence-electron chi connectivity index (χ4n) is 2.27. The van der Waals surface area contributed by atoms with E-state index in [0.29, 0.717) is 13.0 Å². The lowest BCUT2D eigenvalue weighted by atomic mass is 10.1. The number of halogens is 3. The van der Waals surface area contributed by atoms with Gasteiger partial charge in [-0.05, 0) is 31.2 Å². The highest BCUT2D eigenvalue weighted by atomic mass is 35.5.